The van der Waals surface area contributed by atoms with Gasteiger partial charge in [-0.3, -0.25) is 4.79 Å². The van der Waals surface area contributed by atoms with Gasteiger partial charge in [-0.15, -0.1) is 11.3 Å². The van der Waals surface area contributed by atoms with Crippen LogP contribution in [0.3, 0.4) is 0 Å². The molecule has 0 amide bonds. The Hall–Kier alpha value is -0.480. The highest BCUT2D eigenvalue weighted by Crippen LogP contribution is 2.33. The highest BCUT2D eigenvalue weighted by Gasteiger charge is 2.44. The number of methoxy groups -OCH3 is 1. The number of sulfonamides is 1. The van der Waals surface area contributed by atoms with Gasteiger partial charge < -0.3 is 9.84 Å². The maximum Gasteiger partial charge on any atom is 0.322 e. The van der Waals surface area contributed by atoms with Crippen LogP contribution in [0.5, 0.6) is 0 Å². The molecule has 0 radical (unpaired) electrons. The normalized spacial score (nSPS) is 24.7. The molecule has 1 aliphatic heterocycles. The highest BCUT2D eigenvalue weighted by molar-refractivity contribution is 9.11. The van der Waals surface area contributed by atoms with Crippen LogP contribution in [0.2, 0.25) is 0 Å². The van der Waals surface area contributed by atoms with E-state index in [0.29, 0.717) is 3.79 Å². The fourth-order valence-corrected chi connectivity index (χ4v) is 5.75. The molecular formula is C10H12BrNO5S2. The summed E-state index contributed by atoms with van der Waals surface area (Å²) in [5, 5.41) is 9.14. The molecule has 6 nitrogen and oxygen atoms in total. The van der Waals surface area contributed by atoms with E-state index in [2.05, 4.69) is 15.9 Å². The van der Waals surface area contributed by atoms with Crippen molar-refractivity contribution in [2.75, 3.05) is 13.7 Å². The zero-order valence-electron chi connectivity index (χ0n) is 9.95. The van der Waals surface area contributed by atoms with Crippen molar-refractivity contribution in [1.29, 1.82) is 0 Å². The smallest absolute Gasteiger partial charge is 0.322 e. The molecule has 0 aliphatic carbocycles. The van der Waals surface area contributed by atoms with Crippen molar-refractivity contribution in [3.8, 4) is 0 Å². The third-order valence-electron chi connectivity index (χ3n) is 2.95. The van der Waals surface area contributed by atoms with Gasteiger partial charge in [0.25, 0.3) is 10.0 Å². The number of carbonyl (C=O) groups is 1. The first-order valence-electron chi connectivity index (χ1n) is 5.39. The molecule has 0 bridgehead atoms. The van der Waals surface area contributed by atoms with Gasteiger partial charge in [-0.2, -0.15) is 4.31 Å². The minimum absolute atomic E-state index is 0.0608. The van der Waals surface area contributed by atoms with Crippen molar-refractivity contribution in [3.05, 3.63) is 15.9 Å². The summed E-state index contributed by atoms with van der Waals surface area (Å²) < 4.78 is 31.7. The number of thiophene rings is 1. The van der Waals surface area contributed by atoms with Gasteiger partial charge in [-0.05, 0) is 28.1 Å². The van der Waals surface area contributed by atoms with E-state index in [1.807, 2.05) is 0 Å². The Morgan fingerprint density at radius 1 is 1.58 bits per heavy atom. The van der Waals surface area contributed by atoms with E-state index in [4.69, 9.17) is 9.84 Å². The Balaban J connectivity index is 2.36. The predicted octanol–water partition coefficient (Wildman–Crippen LogP) is 1.37. The second-order valence-corrected chi connectivity index (χ2v) is 8.66. The van der Waals surface area contributed by atoms with Gasteiger partial charge in [0.05, 0.1) is 9.89 Å². The van der Waals surface area contributed by atoms with Crippen LogP contribution in [0.4, 0.5) is 0 Å². The Labute approximate surface area is 123 Å². The molecule has 106 valence electrons. The Morgan fingerprint density at radius 2 is 2.26 bits per heavy atom. The van der Waals surface area contributed by atoms with Gasteiger partial charge in [0, 0.05) is 20.1 Å². The maximum absolute atomic E-state index is 12.4. The van der Waals surface area contributed by atoms with Gasteiger partial charge in [0.1, 0.15) is 10.3 Å². The van der Waals surface area contributed by atoms with E-state index in [0.717, 1.165) is 15.6 Å². The lowest BCUT2D eigenvalue weighted by Gasteiger charge is -2.19. The summed E-state index contributed by atoms with van der Waals surface area (Å²) in [6.07, 6.45) is -0.225. The SMILES string of the molecule is COC1CC(C(=O)O)N(S(=O)(=O)c2ccc(Br)s2)C1. The number of ether oxygens (including phenoxy) is 1. The van der Waals surface area contributed by atoms with Crippen LogP contribution in [0.1, 0.15) is 6.42 Å². The van der Waals surface area contributed by atoms with E-state index in [-0.39, 0.29) is 23.3 Å². The van der Waals surface area contributed by atoms with E-state index in [1.165, 1.54) is 13.2 Å². The first-order chi connectivity index (χ1) is 8.86. The van der Waals surface area contributed by atoms with Crippen LogP contribution in [-0.4, -0.2) is 49.6 Å². The molecule has 1 fully saturated rings. The Kier molecular flexibility index (Phi) is 4.31. The molecular weight excluding hydrogens is 358 g/mol. The first kappa shape index (κ1) is 14.9. The topological polar surface area (TPSA) is 83.9 Å². The summed E-state index contributed by atoms with van der Waals surface area (Å²) in [6, 6.07) is 2.01. The van der Waals surface area contributed by atoms with Gasteiger partial charge in [0.2, 0.25) is 0 Å². The summed E-state index contributed by atoms with van der Waals surface area (Å²) in [7, 11) is -2.35. The molecule has 2 unspecified atom stereocenters. The summed E-state index contributed by atoms with van der Waals surface area (Å²) in [5.74, 6) is -1.15. The zero-order chi connectivity index (χ0) is 14.2. The fraction of sp³-hybridized carbons (Fsp3) is 0.500. The van der Waals surface area contributed by atoms with Crippen LogP contribution < -0.4 is 0 Å². The number of rotatable bonds is 4. The number of halogens is 1. The van der Waals surface area contributed by atoms with Gasteiger partial charge in [-0.1, -0.05) is 0 Å². The van der Waals surface area contributed by atoms with Crippen LogP contribution in [-0.2, 0) is 19.6 Å². The van der Waals surface area contributed by atoms with Crippen molar-refractivity contribution >= 4 is 43.3 Å². The van der Waals surface area contributed by atoms with Gasteiger partial charge in [-0.25, -0.2) is 8.42 Å². The van der Waals surface area contributed by atoms with Crippen molar-refractivity contribution in [2.24, 2.45) is 0 Å². The van der Waals surface area contributed by atoms with Crippen molar-refractivity contribution in [3.63, 3.8) is 0 Å². The van der Waals surface area contributed by atoms with Crippen LogP contribution >= 0.6 is 27.3 Å². The summed E-state index contributed by atoms with van der Waals surface area (Å²) >= 11 is 4.25. The lowest BCUT2D eigenvalue weighted by Crippen LogP contribution is -2.40. The van der Waals surface area contributed by atoms with E-state index in [9.17, 15) is 13.2 Å². The number of hydrogen-bond donors (Lipinski definition) is 1. The molecule has 1 aliphatic rings. The van der Waals surface area contributed by atoms with E-state index < -0.39 is 22.0 Å². The van der Waals surface area contributed by atoms with Crippen LogP contribution in [0.15, 0.2) is 20.1 Å². The number of aliphatic carboxylic acids is 1. The molecule has 0 spiro atoms. The molecule has 2 heterocycles. The monoisotopic (exact) mass is 369 g/mol. The highest BCUT2D eigenvalue weighted by atomic mass is 79.9. The van der Waals surface area contributed by atoms with Crippen molar-refractivity contribution in [1.82, 2.24) is 4.31 Å². The molecule has 1 N–H and O–H groups in total. The molecule has 1 aromatic rings. The summed E-state index contributed by atoms with van der Waals surface area (Å²) in [6.45, 7) is 0.0608. The minimum Gasteiger partial charge on any atom is -0.480 e. The van der Waals surface area contributed by atoms with Gasteiger partial charge in [0.15, 0.2) is 0 Å². The van der Waals surface area contributed by atoms with E-state index >= 15 is 0 Å². The quantitative estimate of drug-likeness (QED) is 0.866. The standard InChI is InChI=1S/C10H12BrNO5S2/c1-17-6-4-7(10(13)14)12(5-6)19(15,16)9-3-2-8(11)18-9/h2-3,6-7H,4-5H2,1H3,(H,13,14). The minimum atomic E-state index is -3.79. The number of carboxylic acid groups (broad SMARTS) is 1. The number of carboxylic acids is 1. The molecule has 19 heavy (non-hydrogen) atoms. The zero-order valence-corrected chi connectivity index (χ0v) is 13.2. The second kappa shape index (κ2) is 5.49. The van der Waals surface area contributed by atoms with Crippen molar-refractivity contribution < 1.29 is 23.1 Å². The predicted molar refractivity (Wildman–Crippen MR) is 72.7 cm³/mol. The second-order valence-electron chi connectivity index (χ2n) is 4.08. The summed E-state index contributed by atoms with van der Waals surface area (Å²) in [5.41, 5.74) is 0. The lowest BCUT2D eigenvalue weighted by atomic mass is 10.2. The van der Waals surface area contributed by atoms with Crippen LogP contribution in [0.25, 0.3) is 0 Å². The Bertz CT molecular complexity index is 584. The third-order valence-corrected chi connectivity index (χ3v) is 6.91. The van der Waals surface area contributed by atoms with Crippen LogP contribution in [0, 0.1) is 0 Å². The largest absolute Gasteiger partial charge is 0.480 e. The molecule has 0 aromatic carbocycles. The average Bonchev–Trinajstić information content (AvgIpc) is 2.94. The maximum atomic E-state index is 12.4. The summed E-state index contributed by atoms with van der Waals surface area (Å²) in [4.78, 5) is 11.2. The lowest BCUT2D eigenvalue weighted by molar-refractivity contribution is -0.140. The third kappa shape index (κ3) is 2.84. The first-order valence-corrected chi connectivity index (χ1v) is 8.44. The van der Waals surface area contributed by atoms with Gasteiger partial charge >= 0.3 is 5.97 Å². The average molecular weight is 370 g/mol. The fourth-order valence-electron chi connectivity index (χ4n) is 1.98. The molecule has 0 saturated carbocycles. The Morgan fingerprint density at radius 3 is 2.74 bits per heavy atom. The molecule has 1 aromatic heterocycles. The molecule has 2 atom stereocenters. The number of hydrogen-bond acceptors (Lipinski definition) is 5. The van der Waals surface area contributed by atoms with E-state index in [1.54, 1.807) is 6.07 Å². The number of nitrogens with zero attached hydrogens (tertiary/aromatic N) is 1. The molecule has 2 rings (SSSR count). The molecule has 9 heteroatoms. The molecule has 1 saturated heterocycles. The van der Waals surface area contributed by atoms with Crippen molar-refractivity contribution in [2.45, 2.75) is 22.8 Å².